The van der Waals surface area contributed by atoms with Gasteiger partial charge in [-0.2, -0.15) is 18.3 Å². The number of nitrogens with zero attached hydrogens (tertiary/aromatic N) is 2. The highest BCUT2D eigenvalue weighted by atomic mass is 35.5. The van der Waals surface area contributed by atoms with E-state index in [9.17, 15) is 22.8 Å². The second-order valence-electron chi connectivity index (χ2n) is 6.67. The van der Waals surface area contributed by atoms with Crippen LogP contribution in [0.1, 0.15) is 44.1 Å². The number of alkyl halides is 3. The SMILES string of the molecule is O=C(CC1S/C(=N/N=C2CCCCC2)NC1=O)Nc1cc(C(F)(F)F)ccc1Cl. The van der Waals surface area contributed by atoms with Crippen LogP contribution >= 0.6 is 23.4 Å². The highest BCUT2D eigenvalue weighted by Crippen LogP contribution is 2.34. The summed E-state index contributed by atoms with van der Waals surface area (Å²) in [6.45, 7) is 0. The molecule has 2 N–H and O–H groups in total. The standard InChI is InChI=1S/C18H18ClF3N4O2S/c19-12-7-6-10(18(20,21)22)8-13(12)23-15(27)9-14-16(28)24-17(29-14)26-25-11-4-2-1-3-5-11/h6-8,14H,1-5,9H2,(H,23,27)(H,24,26,28). The van der Waals surface area contributed by atoms with Crippen molar-refractivity contribution < 1.29 is 22.8 Å². The third kappa shape index (κ3) is 5.96. The molecule has 2 amide bonds. The van der Waals surface area contributed by atoms with Crippen molar-refractivity contribution in [2.24, 2.45) is 10.2 Å². The van der Waals surface area contributed by atoms with Crippen molar-refractivity contribution >= 4 is 51.7 Å². The van der Waals surface area contributed by atoms with Gasteiger partial charge in [-0.05, 0) is 43.9 Å². The third-order valence-electron chi connectivity index (χ3n) is 4.43. The van der Waals surface area contributed by atoms with Gasteiger partial charge in [0.2, 0.25) is 11.8 Å². The van der Waals surface area contributed by atoms with Gasteiger partial charge < -0.3 is 10.6 Å². The van der Waals surface area contributed by atoms with E-state index in [1.54, 1.807) is 0 Å². The summed E-state index contributed by atoms with van der Waals surface area (Å²) in [4.78, 5) is 24.3. The molecule has 1 saturated carbocycles. The second-order valence-corrected chi connectivity index (χ2v) is 8.27. The molecule has 0 radical (unpaired) electrons. The summed E-state index contributed by atoms with van der Waals surface area (Å²) in [6, 6.07) is 2.65. The van der Waals surface area contributed by atoms with Crippen molar-refractivity contribution in [3.8, 4) is 0 Å². The molecule has 0 bridgehead atoms. The van der Waals surface area contributed by atoms with Gasteiger partial charge in [-0.3, -0.25) is 9.59 Å². The first-order valence-electron chi connectivity index (χ1n) is 9.00. The summed E-state index contributed by atoms with van der Waals surface area (Å²) in [5.74, 6) is -1.03. The maximum Gasteiger partial charge on any atom is 0.416 e. The molecule has 156 valence electrons. The Morgan fingerprint density at radius 3 is 2.66 bits per heavy atom. The quantitative estimate of drug-likeness (QED) is 0.663. The van der Waals surface area contributed by atoms with E-state index >= 15 is 0 Å². The number of hydrogen-bond donors (Lipinski definition) is 2. The Balaban J connectivity index is 1.60. The van der Waals surface area contributed by atoms with Crippen molar-refractivity contribution in [2.45, 2.75) is 50.0 Å². The number of halogens is 4. The lowest BCUT2D eigenvalue weighted by molar-refractivity contribution is -0.137. The second kappa shape index (κ2) is 9.17. The molecule has 1 atom stereocenters. The lowest BCUT2D eigenvalue weighted by Gasteiger charge is -2.12. The number of rotatable bonds is 4. The molecule has 1 unspecified atom stereocenters. The Labute approximate surface area is 174 Å². The van der Waals surface area contributed by atoms with E-state index in [1.165, 1.54) is 6.42 Å². The van der Waals surface area contributed by atoms with Crippen LogP contribution in [0.25, 0.3) is 0 Å². The molecule has 2 aliphatic rings. The van der Waals surface area contributed by atoms with E-state index < -0.39 is 28.8 Å². The average molecular weight is 447 g/mol. The Kier molecular flexibility index (Phi) is 6.84. The molecule has 29 heavy (non-hydrogen) atoms. The van der Waals surface area contributed by atoms with Gasteiger partial charge in [-0.1, -0.05) is 29.8 Å². The number of carbonyl (C=O) groups excluding carboxylic acids is 2. The zero-order valence-corrected chi connectivity index (χ0v) is 16.8. The molecular formula is C18H18ClF3N4O2S. The number of carbonyl (C=O) groups is 2. The molecule has 1 aliphatic heterocycles. The molecule has 3 rings (SSSR count). The minimum atomic E-state index is -4.56. The van der Waals surface area contributed by atoms with Crippen molar-refractivity contribution in [3.05, 3.63) is 28.8 Å². The summed E-state index contributed by atoms with van der Waals surface area (Å²) in [5, 5.41) is 12.7. The average Bonchev–Trinajstić information content (AvgIpc) is 3.01. The topological polar surface area (TPSA) is 82.9 Å². The fraction of sp³-hybridized carbons (Fsp3) is 0.444. The highest BCUT2D eigenvalue weighted by molar-refractivity contribution is 8.15. The van der Waals surface area contributed by atoms with E-state index in [4.69, 9.17) is 11.6 Å². The lowest BCUT2D eigenvalue weighted by atomic mass is 9.99. The van der Waals surface area contributed by atoms with Crippen LogP contribution in [0.2, 0.25) is 5.02 Å². The number of amidine groups is 1. The van der Waals surface area contributed by atoms with Crippen molar-refractivity contribution in [3.63, 3.8) is 0 Å². The molecular weight excluding hydrogens is 429 g/mol. The normalized spacial score (nSPS) is 21.2. The first-order chi connectivity index (χ1) is 13.7. The maximum atomic E-state index is 12.8. The monoisotopic (exact) mass is 446 g/mol. The van der Waals surface area contributed by atoms with Crippen molar-refractivity contribution in [1.29, 1.82) is 0 Å². The van der Waals surface area contributed by atoms with Gasteiger partial charge in [0, 0.05) is 12.1 Å². The Hall–Kier alpha value is -2.07. The number of benzene rings is 1. The van der Waals surface area contributed by atoms with Crippen LogP contribution in [0.5, 0.6) is 0 Å². The minimum Gasteiger partial charge on any atom is -0.325 e. The summed E-state index contributed by atoms with van der Waals surface area (Å²) in [7, 11) is 0. The summed E-state index contributed by atoms with van der Waals surface area (Å²) in [5.41, 5.74) is -0.104. The van der Waals surface area contributed by atoms with E-state index in [0.29, 0.717) is 5.17 Å². The van der Waals surface area contributed by atoms with E-state index in [2.05, 4.69) is 20.8 Å². The van der Waals surface area contributed by atoms with Crippen molar-refractivity contribution in [1.82, 2.24) is 5.32 Å². The van der Waals surface area contributed by atoms with Crippen LogP contribution in [-0.2, 0) is 15.8 Å². The molecule has 11 heteroatoms. The first-order valence-corrected chi connectivity index (χ1v) is 10.3. The predicted molar refractivity (Wildman–Crippen MR) is 107 cm³/mol. The van der Waals surface area contributed by atoms with Gasteiger partial charge in [-0.15, -0.1) is 5.10 Å². The summed E-state index contributed by atoms with van der Waals surface area (Å²) < 4.78 is 38.5. The van der Waals surface area contributed by atoms with Crippen LogP contribution in [0.4, 0.5) is 18.9 Å². The van der Waals surface area contributed by atoms with Crippen LogP contribution < -0.4 is 10.6 Å². The van der Waals surface area contributed by atoms with Crippen molar-refractivity contribution in [2.75, 3.05) is 5.32 Å². The maximum absolute atomic E-state index is 12.8. The zero-order valence-electron chi connectivity index (χ0n) is 15.2. The van der Waals surface area contributed by atoms with Crippen LogP contribution in [0.15, 0.2) is 28.4 Å². The lowest BCUT2D eigenvalue weighted by Crippen LogP contribution is -2.28. The molecule has 2 fully saturated rings. The van der Waals surface area contributed by atoms with Crippen LogP contribution in [0.3, 0.4) is 0 Å². The molecule has 0 aromatic heterocycles. The van der Waals surface area contributed by atoms with Gasteiger partial charge in [0.1, 0.15) is 5.25 Å². The fourth-order valence-corrected chi connectivity index (χ4v) is 4.01. The van der Waals surface area contributed by atoms with Gasteiger partial charge in [0.15, 0.2) is 5.17 Å². The molecule has 0 spiro atoms. The molecule has 1 aliphatic carbocycles. The van der Waals surface area contributed by atoms with Gasteiger partial charge in [0.25, 0.3) is 0 Å². The van der Waals surface area contributed by atoms with Gasteiger partial charge in [0.05, 0.1) is 16.3 Å². The number of hydrogen-bond acceptors (Lipinski definition) is 5. The minimum absolute atomic E-state index is 0.0274. The van der Waals surface area contributed by atoms with E-state index in [0.717, 1.165) is 61.4 Å². The largest absolute Gasteiger partial charge is 0.416 e. The molecule has 1 aromatic rings. The van der Waals surface area contributed by atoms with Gasteiger partial charge >= 0.3 is 6.18 Å². The Morgan fingerprint density at radius 1 is 1.24 bits per heavy atom. The van der Waals surface area contributed by atoms with E-state index in [1.807, 2.05) is 0 Å². The summed E-state index contributed by atoms with van der Waals surface area (Å²) >= 11 is 6.94. The first kappa shape index (κ1) is 21.6. The smallest absolute Gasteiger partial charge is 0.325 e. The molecule has 1 saturated heterocycles. The predicted octanol–water partition coefficient (Wildman–Crippen LogP) is 4.60. The molecule has 1 heterocycles. The van der Waals surface area contributed by atoms with E-state index in [-0.39, 0.29) is 17.1 Å². The number of thioether (sulfide) groups is 1. The number of anilines is 1. The fourth-order valence-electron chi connectivity index (χ4n) is 2.93. The summed E-state index contributed by atoms with van der Waals surface area (Å²) in [6.07, 6.45) is 0.301. The molecule has 1 aromatic carbocycles. The zero-order chi connectivity index (χ0) is 21.0. The van der Waals surface area contributed by atoms with Gasteiger partial charge in [-0.25, -0.2) is 0 Å². The van der Waals surface area contributed by atoms with Crippen LogP contribution in [-0.4, -0.2) is 27.9 Å². The number of amides is 2. The van der Waals surface area contributed by atoms with Crippen LogP contribution in [0, 0.1) is 0 Å². The number of nitrogens with one attached hydrogen (secondary N) is 2. The highest BCUT2D eigenvalue weighted by Gasteiger charge is 2.33. The Bertz CT molecular complexity index is 865. The Morgan fingerprint density at radius 2 is 1.97 bits per heavy atom. The molecule has 6 nitrogen and oxygen atoms in total. The third-order valence-corrected chi connectivity index (χ3v) is 5.83.